The molecule has 0 aliphatic heterocycles. The molecule has 1 rings (SSSR count). The first-order chi connectivity index (χ1) is 8.06. The second-order valence-electron chi connectivity index (χ2n) is 5.13. The van der Waals surface area contributed by atoms with E-state index in [2.05, 4.69) is 36.2 Å². The van der Waals surface area contributed by atoms with Crippen molar-refractivity contribution in [2.24, 2.45) is 0 Å². The SMILES string of the molecule is CC(C)NC(C)(CO)CCCCn1cncn1. The van der Waals surface area contributed by atoms with Gasteiger partial charge in [-0.1, -0.05) is 13.8 Å². The smallest absolute Gasteiger partial charge is 0.137 e. The lowest BCUT2D eigenvalue weighted by molar-refractivity contribution is 0.153. The van der Waals surface area contributed by atoms with Crippen LogP contribution in [-0.4, -0.2) is 38.1 Å². The van der Waals surface area contributed by atoms with Crippen LogP contribution < -0.4 is 5.32 Å². The zero-order chi connectivity index (χ0) is 12.7. The third kappa shape index (κ3) is 5.28. The lowest BCUT2D eigenvalue weighted by Crippen LogP contribution is -2.49. The van der Waals surface area contributed by atoms with E-state index in [-0.39, 0.29) is 12.1 Å². The van der Waals surface area contributed by atoms with E-state index in [4.69, 9.17) is 0 Å². The molecule has 1 aromatic rings. The Balaban J connectivity index is 2.23. The fraction of sp³-hybridized carbons (Fsp3) is 0.833. The minimum Gasteiger partial charge on any atom is -0.394 e. The Bertz CT molecular complexity index is 299. The van der Waals surface area contributed by atoms with E-state index in [1.807, 2.05) is 4.68 Å². The summed E-state index contributed by atoms with van der Waals surface area (Å²) in [5.41, 5.74) is -0.170. The van der Waals surface area contributed by atoms with Crippen LogP contribution in [0.3, 0.4) is 0 Å². The molecule has 5 heteroatoms. The number of aromatic nitrogens is 3. The van der Waals surface area contributed by atoms with E-state index < -0.39 is 0 Å². The molecular weight excluding hydrogens is 216 g/mol. The van der Waals surface area contributed by atoms with Gasteiger partial charge in [-0.15, -0.1) is 0 Å². The summed E-state index contributed by atoms with van der Waals surface area (Å²) in [7, 11) is 0. The fourth-order valence-electron chi connectivity index (χ4n) is 2.03. The van der Waals surface area contributed by atoms with Crippen molar-refractivity contribution in [2.75, 3.05) is 6.61 Å². The first-order valence-electron chi connectivity index (χ1n) is 6.27. The van der Waals surface area contributed by atoms with Gasteiger partial charge in [-0.05, 0) is 26.2 Å². The van der Waals surface area contributed by atoms with Crippen LogP contribution in [-0.2, 0) is 6.54 Å². The number of aliphatic hydroxyl groups excluding tert-OH is 1. The molecule has 17 heavy (non-hydrogen) atoms. The highest BCUT2D eigenvalue weighted by molar-refractivity contribution is 4.83. The normalized spacial score (nSPS) is 15.1. The molecule has 5 nitrogen and oxygen atoms in total. The van der Waals surface area contributed by atoms with Crippen molar-refractivity contribution in [2.45, 2.75) is 58.2 Å². The van der Waals surface area contributed by atoms with Gasteiger partial charge in [-0.2, -0.15) is 5.10 Å². The highest BCUT2D eigenvalue weighted by Gasteiger charge is 2.22. The number of nitrogens with one attached hydrogen (secondary N) is 1. The van der Waals surface area contributed by atoms with Crippen LogP contribution in [0.2, 0.25) is 0 Å². The minimum absolute atomic E-state index is 0.170. The topological polar surface area (TPSA) is 63.0 Å². The van der Waals surface area contributed by atoms with Gasteiger partial charge in [0.2, 0.25) is 0 Å². The number of hydrogen-bond acceptors (Lipinski definition) is 4. The van der Waals surface area contributed by atoms with Crippen LogP contribution >= 0.6 is 0 Å². The van der Waals surface area contributed by atoms with Gasteiger partial charge >= 0.3 is 0 Å². The first-order valence-corrected chi connectivity index (χ1v) is 6.27. The average Bonchev–Trinajstić information content (AvgIpc) is 2.76. The number of aliphatic hydroxyl groups is 1. The Labute approximate surface area is 103 Å². The number of nitrogens with zero attached hydrogens (tertiary/aromatic N) is 3. The first kappa shape index (κ1) is 14.1. The average molecular weight is 240 g/mol. The Morgan fingerprint density at radius 3 is 2.71 bits per heavy atom. The molecule has 1 atom stereocenters. The van der Waals surface area contributed by atoms with E-state index in [1.165, 1.54) is 0 Å². The van der Waals surface area contributed by atoms with Gasteiger partial charge in [-0.25, -0.2) is 4.98 Å². The van der Waals surface area contributed by atoms with Gasteiger partial charge < -0.3 is 10.4 Å². The summed E-state index contributed by atoms with van der Waals surface area (Å²) in [5.74, 6) is 0. The van der Waals surface area contributed by atoms with Gasteiger partial charge in [0.15, 0.2) is 0 Å². The predicted molar refractivity (Wildman–Crippen MR) is 67.6 cm³/mol. The summed E-state index contributed by atoms with van der Waals surface area (Å²) in [4.78, 5) is 3.90. The zero-order valence-electron chi connectivity index (χ0n) is 11.1. The molecule has 98 valence electrons. The second-order valence-corrected chi connectivity index (χ2v) is 5.13. The van der Waals surface area contributed by atoms with E-state index in [0.717, 1.165) is 25.8 Å². The number of aryl methyl sites for hydroxylation is 1. The lowest BCUT2D eigenvalue weighted by atomic mass is 9.95. The molecule has 0 fully saturated rings. The molecule has 1 unspecified atom stereocenters. The molecule has 0 amide bonds. The van der Waals surface area contributed by atoms with Crippen LogP contribution in [0.4, 0.5) is 0 Å². The second kappa shape index (κ2) is 6.71. The monoisotopic (exact) mass is 240 g/mol. The number of unbranched alkanes of at least 4 members (excludes halogenated alkanes) is 1. The fourth-order valence-corrected chi connectivity index (χ4v) is 2.03. The molecule has 0 radical (unpaired) electrons. The third-order valence-corrected chi connectivity index (χ3v) is 2.82. The van der Waals surface area contributed by atoms with Crippen LogP contribution in [0.25, 0.3) is 0 Å². The Hall–Kier alpha value is -0.940. The highest BCUT2D eigenvalue weighted by atomic mass is 16.3. The number of hydrogen-bond donors (Lipinski definition) is 2. The summed E-state index contributed by atoms with van der Waals surface area (Å²) in [6.07, 6.45) is 6.38. The van der Waals surface area contributed by atoms with Crippen molar-refractivity contribution in [1.29, 1.82) is 0 Å². The van der Waals surface area contributed by atoms with E-state index in [9.17, 15) is 5.11 Å². The summed E-state index contributed by atoms with van der Waals surface area (Å²) in [6.45, 7) is 7.34. The quantitative estimate of drug-likeness (QED) is 0.670. The van der Waals surface area contributed by atoms with Gasteiger partial charge in [-0.3, -0.25) is 4.68 Å². The van der Waals surface area contributed by atoms with Crippen molar-refractivity contribution >= 4 is 0 Å². The van der Waals surface area contributed by atoms with Crippen molar-refractivity contribution < 1.29 is 5.11 Å². The molecule has 0 saturated carbocycles. The standard InChI is InChI=1S/C12H24N4O/c1-11(2)15-12(3,8-17)6-4-5-7-16-10-13-9-14-16/h9-11,15,17H,4-8H2,1-3H3. The molecule has 2 N–H and O–H groups in total. The van der Waals surface area contributed by atoms with E-state index in [0.29, 0.717) is 6.04 Å². The molecule has 0 saturated heterocycles. The summed E-state index contributed by atoms with van der Waals surface area (Å²) in [6, 6.07) is 0.391. The molecule has 0 aromatic carbocycles. The summed E-state index contributed by atoms with van der Waals surface area (Å²) >= 11 is 0. The van der Waals surface area contributed by atoms with Crippen molar-refractivity contribution in [1.82, 2.24) is 20.1 Å². The Morgan fingerprint density at radius 1 is 1.41 bits per heavy atom. The molecule has 1 aromatic heterocycles. The van der Waals surface area contributed by atoms with E-state index >= 15 is 0 Å². The van der Waals surface area contributed by atoms with Crippen LogP contribution in [0.15, 0.2) is 12.7 Å². The number of rotatable bonds is 8. The van der Waals surface area contributed by atoms with Gasteiger partial charge in [0, 0.05) is 18.1 Å². The largest absolute Gasteiger partial charge is 0.394 e. The van der Waals surface area contributed by atoms with Crippen LogP contribution in [0.5, 0.6) is 0 Å². The maximum Gasteiger partial charge on any atom is 0.137 e. The molecule has 0 aliphatic carbocycles. The van der Waals surface area contributed by atoms with Gasteiger partial charge in [0.05, 0.1) is 6.61 Å². The van der Waals surface area contributed by atoms with Crippen LogP contribution in [0.1, 0.15) is 40.0 Å². The predicted octanol–water partition coefficient (Wildman–Crippen LogP) is 1.20. The molecule has 0 aliphatic rings. The van der Waals surface area contributed by atoms with Gasteiger partial charge in [0.1, 0.15) is 12.7 Å². The Kier molecular flexibility index (Phi) is 5.58. The zero-order valence-corrected chi connectivity index (χ0v) is 11.1. The lowest BCUT2D eigenvalue weighted by Gasteiger charge is -2.31. The minimum atomic E-state index is -0.170. The molecule has 0 spiro atoms. The Morgan fingerprint density at radius 2 is 2.18 bits per heavy atom. The molecular formula is C12H24N4O. The van der Waals surface area contributed by atoms with Gasteiger partial charge in [0.25, 0.3) is 0 Å². The highest BCUT2D eigenvalue weighted by Crippen LogP contribution is 2.14. The molecule has 0 bridgehead atoms. The van der Waals surface area contributed by atoms with Crippen molar-refractivity contribution in [3.05, 3.63) is 12.7 Å². The summed E-state index contributed by atoms with van der Waals surface area (Å²) < 4.78 is 1.84. The molecule has 1 heterocycles. The van der Waals surface area contributed by atoms with Crippen molar-refractivity contribution in [3.8, 4) is 0 Å². The van der Waals surface area contributed by atoms with Crippen molar-refractivity contribution in [3.63, 3.8) is 0 Å². The third-order valence-electron chi connectivity index (χ3n) is 2.82. The van der Waals surface area contributed by atoms with Crippen LogP contribution in [0, 0.1) is 0 Å². The maximum absolute atomic E-state index is 9.43. The summed E-state index contributed by atoms with van der Waals surface area (Å²) in [5, 5.41) is 16.9. The maximum atomic E-state index is 9.43. The van der Waals surface area contributed by atoms with E-state index in [1.54, 1.807) is 12.7 Å².